The van der Waals surface area contributed by atoms with Gasteiger partial charge in [0.05, 0.1) is 6.04 Å². The van der Waals surface area contributed by atoms with Crippen LogP contribution in [0.3, 0.4) is 0 Å². The van der Waals surface area contributed by atoms with Crippen LogP contribution in [-0.2, 0) is 0 Å². The van der Waals surface area contributed by atoms with E-state index in [2.05, 4.69) is 10.3 Å². The molecule has 1 aromatic carbocycles. The quantitative estimate of drug-likeness (QED) is 0.791. The van der Waals surface area contributed by atoms with Crippen LogP contribution in [-0.4, -0.2) is 15.3 Å². The van der Waals surface area contributed by atoms with Gasteiger partial charge in [-0.05, 0) is 48.6 Å². The lowest BCUT2D eigenvalue weighted by Gasteiger charge is -2.18. The van der Waals surface area contributed by atoms with Crippen molar-refractivity contribution in [2.45, 2.75) is 18.9 Å². The standard InChI is InChI=1S/C18H16ClN3O/c19-14-8-6-13(7-9-14)17(12-4-5-12)21-18(23)15-11-22-10-2-1-3-16(22)20-15/h1-3,6-12,17H,4-5H2,(H,21,23). The van der Waals surface area contributed by atoms with Gasteiger partial charge in [0, 0.05) is 17.4 Å². The van der Waals surface area contributed by atoms with E-state index in [4.69, 9.17) is 11.6 Å². The predicted octanol–water partition coefficient (Wildman–Crippen LogP) is 3.87. The second-order valence-electron chi connectivity index (χ2n) is 5.93. The number of hydrogen-bond acceptors (Lipinski definition) is 2. The largest absolute Gasteiger partial charge is 0.344 e. The Morgan fingerprint density at radius 2 is 2.00 bits per heavy atom. The highest BCUT2D eigenvalue weighted by molar-refractivity contribution is 6.30. The summed E-state index contributed by atoms with van der Waals surface area (Å²) < 4.78 is 1.85. The van der Waals surface area contributed by atoms with E-state index in [1.165, 1.54) is 0 Å². The third kappa shape index (κ3) is 2.94. The summed E-state index contributed by atoms with van der Waals surface area (Å²) >= 11 is 5.96. The Bertz CT molecular complexity index is 819. The monoisotopic (exact) mass is 325 g/mol. The second kappa shape index (κ2) is 5.70. The maximum absolute atomic E-state index is 12.6. The number of imidazole rings is 1. The average Bonchev–Trinajstić information content (AvgIpc) is 3.31. The highest BCUT2D eigenvalue weighted by Gasteiger charge is 2.33. The van der Waals surface area contributed by atoms with Crippen LogP contribution in [0, 0.1) is 5.92 Å². The molecule has 116 valence electrons. The molecule has 1 fully saturated rings. The fourth-order valence-corrected chi connectivity index (χ4v) is 2.96. The van der Waals surface area contributed by atoms with Crippen molar-refractivity contribution in [1.29, 1.82) is 0 Å². The average molecular weight is 326 g/mol. The van der Waals surface area contributed by atoms with E-state index >= 15 is 0 Å². The molecule has 1 atom stereocenters. The van der Waals surface area contributed by atoms with Gasteiger partial charge in [-0.15, -0.1) is 0 Å². The molecule has 1 amide bonds. The number of carbonyl (C=O) groups is 1. The molecule has 2 heterocycles. The van der Waals surface area contributed by atoms with Crippen LogP contribution in [0.1, 0.15) is 34.9 Å². The third-order valence-electron chi connectivity index (χ3n) is 4.21. The second-order valence-corrected chi connectivity index (χ2v) is 6.37. The Labute approximate surface area is 139 Å². The first kappa shape index (κ1) is 14.3. The van der Waals surface area contributed by atoms with Gasteiger partial charge in [-0.3, -0.25) is 4.79 Å². The van der Waals surface area contributed by atoms with E-state index in [0.717, 1.165) is 24.1 Å². The van der Waals surface area contributed by atoms with E-state index in [1.54, 1.807) is 6.20 Å². The molecule has 1 aliphatic rings. The van der Waals surface area contributed by atoms with Crippen LogP contribution in [0.15, 0.2) is 54.9 Å². The van der Waals surface area contributed by atoms with Gasteiger partial charge in [0.15, 0.2) is 0 Å². The molecule has 0 spiro atoms. The molecule has 23 heavy (non-hydrogen) atoms. The van der Waals surface area contributed by atoms with Gasteiger partial charge in [0.2, 0.25) is 0 Å². The number of rotatable bonds is 4. The smallest absolute Gasteiger partial charge is 0.271 e. The van der Waals surface area contributed by atoms with Crippen molar-refractivity contribution in [3.05, 3.63) is 71.1 Å². The summed E-state index contributed by atoms with van der Waals surface area (Å²) in [5, 5.41) is 3.84. The molecular weight excluding hydrogens is 310 g/mol. The lowest BCUT2D eigenvalue weighted by Crippen LogP contribution is -2.30. The molecule has 5 heteroatoms. The van der Waals surface area contributed by atoms with Crippen LogP contribution in [0.2, 0.25) is 5.02 Å². The lowest BCUT2D eigenvalue weighted by molar-refractivity contribution is 0.0927. The molecule has 3 aromatic rings. The van der Waals surface area contributed by atoms with Crippen molar-refractivity contribution in [3.63, 3.8) is 0 Å². The number of nitrogens with zero attached hydrogens (tertiary/aromatic N) is 2. The Hall–Kier alpha value is -2.33. The Kier molecular flexibility index (Phi) is 3.54. The Morgan fingerprint density at radius 3 is 2.70 bits per heavy atom. The number of hydrogen-bond donors (Lipinski definition) is 1. The highest BCUT2D eigenvalue weighted by atomic mass is 35.5. The first-order valence-electron chi connectivity index (χ1n) is 7.71. The van der Waals surface area contributed by atoms with E-state index < -0.39 is 0 Å². The summed E-state index contributed by atoms with van der Waals surface area (Å²) in [5.41, 5.74) is 2.30. The minimum absolute atomic E-state index is 0.0181. The molecule has 1 unspecified atom stereocenters. The van der Waals surface area contributed by atoms with Gasteiger partial charge >= 0.3 is 0 Å². The first-order chi connectivity index (χ1) is 11.2. The van der Waals surface area contributed by atoms with Gasteiger partial charge in [0.25, 0.3) is 5.91 Å². The minimum atomic E-state index is -0.138. The summed E-state index contributed by atoms with van der Waals surface area (Å²) in [4.78, 5) is 17.0. The third-order valence-corrected chi connectivity index (χ3v) is 4.46. The molecule has 0 saturated heterocycles. The molecule has 0 bridgehead atoms. The summed E-state index contributed by atoms with van der Waals surface area (Å²) in [6, 6.07) is 13.4. The molecule has 4 rings (SSSR count). The normalized spacial score (nSPS) is 15.5. The maximum Gasteiger partial charge on any atom is 0.271 e. The van der Waals surface area contributed by atoms with Crippen molar-refractivity contribution >= 4 is 23.2 Å². The SMILES string of the molecule is O=C(NC(c1ccc(Cl)cc1)C1CC1)c1cn2ccccc2n1. The number of nitrogens with one attached hydrogen (secondary N) is 1. The summed E-state index contributed by atoms with van der Waals surface area (Å²) in [5.74, 6) is 0.359. The van der Waals surface area contributed by atoms with Crippen LogP contribution in [0.25, 0.3) is 5.65 Å². The minimum Gasteiger partial charge on any atom is -0.344 e. The number of pyridine rings is 1. The number of fused-ring (bicyclic) bond motifs is 1. The number of carbonyl (C=O) groups excluding carboxylic acids is 1. The van der Waals surface area contributed by atoms with Gasteiger partial charge < -0.3 is 9.72 Å². The van der Waals surface area contributed by atoms with Gasteiger partial charge in [-0.2, -0.15) is 0 Å². The maximum atomic E-state index is 12.6. The van der Waals surface area contributed by atoms with Crippen LogP contribution < -0.4 is 5.32 Å². The van der Waals surface area contributed by atoms with Crippen molar-refractivity contribution < 1.29 is 4.79 Å². The van der Waals surface area contributed by atoms with Crippen molar-refractivity contribution in [2.75, 3.05) is 0 Å². The Morgan fingerprint density at radius 1 is 1.22 bits per heavy atom. The molecule has 1 N–H and O–H groups in total. The molecule has 1 saturated carbocycles. The van der Waals surface area contributed by atoms with E-state index in [1.807, 2.05) is 53.1 Å². The predicted molar refractivity (Wildman–Crippen MR) is 89.6 cm³/mol. The topological polar surface area (TPSA) is 46.4 Å². The number of benzene rings is 1. The van der Waals surface area contributed by atoms with Gasteiger partial charge in [0.1, 0.15) is 11.3 Å². The molecule has 1 aliphatic carbocycles. The van der Waals surface area contributed by atoms with Crippen molar-refractivity contribution in [1.82, 2.24) is 14.7 Å². The summed E-state index contributed by atoms with van der Waals surface area (Å²) in [7, 11) is 0. The van der Waals surface area contributed by atoms with Crippen LogP contribution in [0.4, 0.5) is 0 Å². The molecule has 2 aromatic heterocycles. The van der Waals surface area contributed by atoms with Crippen molar-refractivity contribution in [2.24, 2.45) is 5.92 Å². The number of amides is 1. The lowest BCUT2D eigenvalue weighted by atomic mass is 10.0. The zero-order valence-corrected chi connectivity index (χ0v) is 13.2. The highest BCUT2D eigenvalue weighted by Crippen LogP contribution is 2.41. The summed E-state index contributed by atoms with van der Waals surface area (Å²) in [6.45, 7) is 0. The molecular formula is C18H16ClN3O. The fraction of sp³-hybridized carbons (Fsp3) is 0.222. The van der Waals surface area contributed by atoms with E-state index in [9.17, 15) is 4.79 Å². The van der Waals surface area contributed by atoms with Gasteiger partial charge in [-0.1, -0.05) is 29.8 Å². The van der Waals surface area contributed by atoms with Crippen molar-refractivity contribution in [3.8, 4) is 0 Å². The first-order valence-corrected chi connectivity index (χ1v) is 8.08. The Balaban J connectivity index is 1.58. The van der Waals surface area contributed by atoms with E-state index in [0.29, 0.717) is 16.6 Å². The zero-order valence-electron chi connectivity index (χ0n) is 12.4. The summed E-state index contributed by atoms with van der Waals surface area (Å²) in [6.07, 6.45) is 5.92. The van der Waals surface area contributed by atoms with Crippen LogP contribution >= 0.6 is 11.6 Å². The molecule has 4 nitrogen and oxygen atoms in total. The van der Waals surface area contributed by atoms with E-state index in [-0.39, 0.29) is 11.9 Å². The zero-order chi connectivity index (χ0) is 15.8. The molecule has 0 aliphatic heterocycles. The van der Waals surface area contributed by atoms with Gasteiger partial charge in [-0.25, -0.2) is 4.98 Å². The fourth-order valence-electron chi connectivity index (χ4n) is 2.83. The number of halogens is 1. The number of aromatic nitrogens is 2. The van der Waals surface area contributed by atoms with Crippen LogP contribution in [0.5, 0.6) is 0 Å². The molecule has 0 radical (unpaired) electrons.